The quantitative estimate of drug-likeness (QED) is 0.447. The lowest BCUT2D eigenvalue weighted by Crippen LogP contribution is -2.17. The number of nitrogens with one attached hydrogen (secondary N) is 2. The molecule has 0 bridgehead atoms. The highest BCUT2D eigenvalue weighted by Gasteiger charge is 2.18. The van der Waals surface area contributed by atoms with E-state index in [4.69, 9.17) is 16.3 Å². The van der Waals surface area contributed by atoms with E-state index in [2.05, 4.69) is 29.6 Å². The summed E-state index contributed by atoms with van der Waals surface area (Å²) in [5.41, 5.74) is 3.26. The standard InChI is InChI=1S/C25H28ClFN4O3/c1-14(2)13-31-16(4)20(15(3)30-31)12-24(32)28-18-7-9-23(34-5)22(11-18)29-25(33)19-8-6-17(26)10-21(19)27/h6-11,14H,12-13H2,1-5H3,(H,28,32)(H,29,33). The fraction of sp³-hybridized carbons (Fsp3) is 0.320. The Labute approximate surface area is 203 Å². The Morgan fingerprint density at radius 1 is 1.15 bits per heavy atom. The number of ether oxygens (including phenoxy) is 1. The topological polar surface area (TPSA) is 85.2 Å². The number of hydrogen-bond donors (Lipinski definition) is 2. The van der Waals surface area contributed by atoms with Gasteiger partial charge in [-0.25, -0.2) is 4.39 Å². The van der Waals surface area contributed by atoms with Crippen LogP contribution < -0.4 is 15.4 Å². The Hall–Kier alpha value is -3.39. The molecule has 0 atom stereocenters. The predicted octanol–water partition coefficient (Wildman–Crippen LogP) is 5.39. The van der Waals surface area contributed by atoms with Crippen molar-refractivity contribution in [2.45, 2.75) is 40.7 Å². The Morgan fingerprint density at radius 3 is 2.53 bits per heavy atom. The van der Waals surface area contributed by atoms with Crippen molar-refractivity contribution in [3.63, 3.8) is 0 Å². The molecule has 3 rings (SSSR count). The Morgan fingerprint density at radius 2 is 1.88 bits per heavy atom. The third-order valence-corrected chi connectivity index (χ3v) is 5.55. The molecule has 9 heteroatoms. The van der Waals surface area contributed by atoms with Crippen molar-refractivity contribution in [1.82, 2.24) is 9.78 Å². The molecule has 0 unspecified atom stereocenters. The molecule has 0 aliphatic heterocycles. The van der Waals surface area contributed by atoms with Crippen molar-refractivity contribution in [3.05, 3.63) is 69.8 Å². The first-order chi connectivity index (χ1) is 16.1. The van der Waals surface area contributed by atoms with Crippen LogP contribution >= 0.6 is 11.6 Å². The van der Waals surface area contributed by atoms with Gasteiger partial charge >= 0.3 is 0 Å². The molecule has 180 valence electrons. The molecule has 1 heterocycles. The molecule has 1 aromatic heterocycles. The van der Waals surface area contributed by atoms with Crippen LogP contribution in [0.15, 0.2) is 36.4 Å². The lowest BCUT2D eigenvalue weighted by molar-refractivity contribution is -0.115. The van der Waals surface area contributed by atoms with Gasteiger partial charge in [-0.3, -0.25) is 14.3 Å². The maximum Gasteiger partial charge on any atom is 0.258 e. The number of methoxy groups -OCH3 is 1. The summed E-state index contributed by atoms with van der Waals surface area (Å²) in [6.07, 6.45) is 0.166. The molecule has 34 heavy (non-hydrogen) atoms. The van der Waals surface area contributed by atoms with Crippen LogP contribution in [0.2, 0.25) is 5.02 Å². The first kappa shape index (κ1) is 25.2. The first-order valence-electron chi connectivity index (χ1n) is 10.9. The zero-order valence-electron chi connectivity index (χ0n) is 19.8. The molecule has 0 saturated carbocycles. The number of amides is 2. The smallest absolute Gasteiger partial charge is 0.258 e. The maximum atomic E-state index is 14.1. The van der Waals surface area contributed by atoms with E-state index in [0.29, 0.717) is 17.4 Å². The second kappa shape index (κ2) is 10.7. The lowest BCUT2D eigenvalue weighted by atomic mass is 10.1. The van der Waals surface area contributed by atoms with Gasteiger partial charge in [0.25, 0.3) is 5.91 Å². The zero-order valence-corrected chi connectivity index (χ0v) is 20.6. The van der Waals surface area contributed by atoms with Crippen LogP contribution in [0, 0.1) is 25.6 Å². The van der Waals surface area contributed by atoms with E-state index < -0.39 is 11.7 Å². The minimum atomic E-state index is -0.739. The van der Waals surface area contributed by atoms with E-state index in [1.807, 2.05) is 18.5 Å². The van der Waals surface area contributed by atoms with Crippen LogP contribution in [-0.2, 0) is 17.8 Å². The summed E-state index contributed by atoms with van der Waals surface area (Å²) in [6, 6.07) is 8.63. The van der Waals surface area contributed by atoms with Crippen molar-refractivity contribution in [1.29, 1.82) is 0 Å². The van der Waals surface area contributed by atoms with Crippen molar-refractivity contribution < 1.29 is 18.7 Å². The van der Waals surface area contributed by atoms with Gasteiger partial charge in [-0.2, -0.15) is 5.10 Å². The highest BCUT2D eigenvalue weighted by atomic mass is 35.5. The minimum absolute atomic E-state index is 0.162. The molecular weight excluding hydrogens is 459 g/mol. The fourth-order valence-corrected chi connectivity index (χ4v) is 3.78. The molecule has 0 fully saturated rings. The number of rotatable bonds is 8. The molecule has 2 aromatic carbocycles. The Bertz CT molecular complexity index is 1220. The number of carbonyl (C=O) groups excluding carboxylic acids is 2. The van der Waals surface area contributed by atoms with Gasteiger partial charge in [-0.05, 0) is 56.2 Å². The van der Waals surface area contributed by atoms with Gasteiger partial charge in [0.15, 0.2) is 0 Å². The van der Waals surface area contributed by atoms with Gasteiger partial charge in [-0.1, -0.05) is 25.4 Å². The van der Waals surface area contributed by atoms with E-state index in [1.54, 1.807) is 18.2 Å². The van der Waals surface area contributed by atoms with E-state index in [9.17, 15) is 14.0 Å². The molecule has 0 saturated heterocycles. The molecule has 3 aromatic rings. The summed E-state index contributed by atoms with van der Waals surface area (Å²) >= 11 is 5.76. The number of hydrogen-bond acceptors (Lipinski definition) is 4. The molecule has 2 amide bonds. The van der Waals surface area contributed by atoms with Gasteiger partial charge in [-0.15, -0.1) is 0 Å². The molecule has 0 radical (unpaired) electrons. The van der Waals surface area contributed by atoms with Crippen LogP contribution in [0.25, 0.3) is 0 Å². The van der Waals surface area contributed by atoms with E-state index in [-0.39, 0.29) is 28.6 Å². The fourth-order valence-electron chi connectivity index (χ4n) is 3.63. The monoisotopic (exact) mass is 486 g/mol. The summed E-state index contributed by atoms with van der Waals surface area (Å²) < 4.78 is 21.4. The number of halogens is 2. The summed E-state index contributed by atoms with van der Waals surface area (Å²) in [5, 5.41) is 10.2. The molecule has 2 N–H and O–H groups in total. The van der Waals surface area contributed by atoms with Gasteiger partial charge < -0.3 is 15.4 Å². The van der Waals surface area contributed by atoms with E-state index in [0.717, 1.165) is 29.6 Å². The summed E-state index contributed by atoms with van der Waals surface area (Å²) in [5.74, 6) is -0.824. The van der Waals surface area contributed by atoms with Crippen LogP contribution in [0.1, 0.15) is 41.2 Å². The van der Waals surface area contributed by atoms with E-state index >= 15 is 0 Å². The van der Waals surface area contributed by atoms with Crippen molar-refractivity contribution in [3.8, 4) is 5.75 Å². The first-order valence-corrected chi connectivity index (χ1v) is 11.2. The number of aryl methyl sites for hydroxylation is 1. The average molecular weight is 487 g/mol. The van der Waals surface area contributed by atoms with Crippen LogP contribution in [0.5, 0.6) is 5.75 Å². The van der Waals surface area contributed by atoms with Crippen molar-refractivity contribution in [2.24, 2.45) is 5.92 Å². The van der Waals surface area contributed by atoms with Crippen molar-refractivity contribution >= 4 is 34.8 Å². The number of aromatic nitrogens is 2. The Kier molecular flexibility index (Phi) is 7.94. The molecule has 0 aliphatic rings. The SMILES string of the molecule is COc1ccc(NC(=O)Cc2c(C)nn(CC(C)C)c2C)cc1NC(=O)c1ccc(Cl)cc1F. The predicted molar refractivity (Wildman–Crippen MR) is 131 cm³/mol. The maximum absolute atomic E-state index is 14.1. The normalized spacial score (nSPS) is 10.9. The van der Waals surface area contributed by atoms with Crippen LogP contribution in [0.3, 0.4) is 0 Å². The third-order valence-electron chi connectivity index (χ3n) is 5.31. The van der Waals surface area contributed by atoms with Gasteiger partial charge in [0.1, 0.15) is 11.6 Å². The summed E-state index contributed by atoms with van der Waals surface area (Å²) in [4.78, 5) is 25.4. The van der Waals surface area contributed by atoms with Crippen LogP contribution in [0.4, 0.5) is 15.8 Å². The molecule has 0 spiro atoms. The minimum Gasteiger partial charge on any atom is -0.495 e. The van der Waals surface area contributed by atoms with Gasteiger partial charge in [0.2, 0.25) is 5.91 Å². The second-order valence-corrected chi connectivity index (χ2v) is 8.88. The highest BCUT2D eigenvalue weighted by Crippen LogP contribution is 2.29. The van der Waals surface area contributed by atoms with Gasteiger partial charge in [0.05, 0.1) is 30.5 Å². The number of benzene rings is 2. The lowest BCUT2D eigenvalue weighted by Gasteiger charge is -2.13. The largest absolute Gasteiger partial charge is 0.495 e. The molecule has 7 nitrogen and oxygen atoms in total. The van der Waals surface area contributed by atoms with Crippen molar-refractivity contribution in [2.75, 3.05) is 17.7 Å². The zero-order chi connectivity index (χ0) is 25.0. The summed E-state index contributed by atoms with van der Waals surface area (Å²) in [6.45, 7) is 8.86. The molecule has 0 aliphatic carbocycles. The van der Waals surface area contributed by atoms with Gasteiger partial charge in [0, 0.05) is 28.5 Å². The summed E-state index contributed by atoms with van der Waals surface area (Å²) in [7, 11) is 1.45. The second-order valence-electron chi connectivity index (χ2n) is 8.44. The highest BCUT2D eigenvalue weighted by molar-refractivity contribution is 6.30. The van der Waals surface area contributed by atoms with Crippen LogP contribution in [-0.4, -0.2) is 28.7 Å². The Balaban J connectivity index is 1.76. The average Bonchev–Trinajstić information content (AvgIpc) is 3.00. The molecular formula is C25H28ClFN4O3. The number of nitrogens with zero attached hydrogens (tertiary/aromatic N) is 2. The number of carbonyl (C=O) groups is 2. The third kappa shape index (κ3) is 5.94. The van der Waals surface area contributed by atoms with E-state index in [1.165, 1.54) is 19.2 Å². The number of anilines is 2.